The molecule has 10 heteroatoms. The summed E-state index contributed by atoms with van der Waals surface area (Å²) in [6, 6.07) is 0. The molecule has 202 valence electrons. The van der Waals surface area contributed by atoms with E-state index in [4.69, 9.17) is 18.3 Å². The van der Waals surface area contributed by atoms with Gasteiger partial charge < -0.3 is 0 Å². The smallest absolute Gasteiger partial charge is 0.257 e. The lowest BCUT2D eigenvalue weighted by Crippen LogP contribution is -2.36. The van der Waals surface area contributed by atoms with Gasteiger partial charge in [0.15, 0.2) is 0 Å². The van der Waals surface area contributed by atoms with Gasteiger partial charge in [0.1, 0.15) is 11.4 Å². The van der Waals surface area contributed by atoms with Crippen molar-refractivity contribution >= 4 is 34.5 Å². The summed E-state index contributed by atoms with van der Waals surface area (Å²) in [5.41, 5.74) is 3.64. The van der Waals surface area contributed by atoms with Crippen LogP contribution in [0.2, 0.25) is 0 Å². The molecule has 5 unspecified atom stereocenters. The van der Waals surface area contributed by atoms with E-state index < -0.39 is 11.3 Å². The molecular weight excluding hydrogens is 478 g/mol. The van der Waals surface area contributed by atoms with Crippen LogP contribution in [0.4, 0.5) is 0 Å². The monoisotopic (exact) mass is 521 g/mol. The summed E-state index contributed by atoms with van der Waals surface area (Å²) in [6.07, 6.45) is 0. The van der Waals surface area contributed by atoms with Gasteiger partial charge in [-0.05, 0) is 17.8 Å². The van der Waals surface area contributed by atoms with E-state index in [-0.39, 0.29) is 65.8 Å². The molecule has 1 aromatic rings. The standard InChI is InChI=1S/C26H43N5O4S/c1-13(2)19-20(14(3)4)26(33)31(25(19)32)34-11-17(9)24-22(16(7)8)29-36(30-24)12-18(10)23-21(15(5)6)27-35-28-23/h13-20,36H,11-12H2,1-10H3. The minimum Gasteiger partial charge on any atom is -0.272 e. The fourth-order valence-electron chi connectivity index (χ4n) is 4.97. The summed E-state index contributed by atoms with van der Waals surface area (Å²) < 4.78 is 15.0. The molecule has 3 heterocycles. The second-order valence-electron chi connectivity index (χ2n) is 11.5. The van der Waals surface area contributed by atoms with Gasteiger partial charge in [-0.15, -0.1) is 0 Å². The minimum atomic E-state index is -0.971. The predicted molar refractivity (Wildman–Crippen MR) is 144 cm³/mol. The van der Waals surface area contributed by atoms with Gasteiger partial charge in [-0.25, -0.2) is 13.4 Å². The number of imide groups is 1. The highest BCUT2D eigenvalue weighted by Crippen LogP contribution is 2.42. The first kappa shape index (κ1) is 28.5. The zero-order valence-electron chi connectivity index (χ0n) is 23.3. The maximum atomic E-state index is 13.1. The Bertz CT molecular complexity index is 990. The second-order valence-corrected chi connectivity index (χ2v) is 13.0. The van der Waals surface area contributed by atoms with Crippen molar-refractivity contribution in [2.24, 2.45) is 44.3 Å². The van der Waals surface area contributed by atoms with Gasteiger partial charge in [0.05, 0.1) is 29.9 Å². The van der Waals surface area contributed by atoms with E-state index in [9.17, 15) is 9.59 Å². The molecule has 0 saturated carbocycles. The molecule has 0 N–H and O–H groups in total. The quantitative estimate of drug-likeness (QED) is 0.318. The lowest BCUT2D eigenvalue weighted by atomic mass is 9.79. The van der Waals surface area contributed by atoms with Crippen molar-refractivity contribution in [1.29, 1.82) is 0 Å². The zero-order valence-corrected chi connectivity index (χ0v) is 24.2. The fraction of sp³-hybridized carbons (Fsp3) is 0.769. The van der Waals surface area contributed by atoms with E-state index in [0.29, 0.717) is 0 Å². The minimum absolute atomic E-state index is 0.0698. The van der Waals surface area contributed by atoms with Crippen LogP contribution in [0.5, 0.6) is 0 Å². The first-order valence-electron chi connectivity index (χ1n) is 13.1. The zero-order chi connectivity index (χ0) is 26.9. The number of aromatic nitrogens is 2. The number of amides is 2. The van der Waals surface area contributed by atoms with Gasteiger partial charge >= 0.3 is 0 Å². The van der Waals surface area contributed by atoms with E-state index in [1.807, 2.05) is 34.6 Å². The number of hydroxylamine groups is 2. The number of hydrogen-bond donors (Lipinski definition) is 1. The van der Waals surface area contributed by atoms with Crippen molar-refractivity contribution < 1.29 is 19.1 Å². The number of carbonyl (C=O) groups excluding carboxylic acids is 2. The van der Waals surface area contributed by atoms with Crippen LogP contribution in [0.1, 0.15) is 92.5 Å². The predicted octanol–water partition coefficient (Wildman–Crippen LogP) is 5.16. The van der Waals surface area contributed by atoms with Crippen molar-refractivity contribution in [3.8, 4) is 0 Å². The third-order valence-electron chi connectivity index (χ3n) is 6.96. The van der Waals surface area contributed by atoms with Crippen LogP contribution in [0.25, 0.3) is 0 Å². The third kappa shape index (κ3) is 5.74. The molecule has 1 saturated heterocycles. The molecule has 9 nitrogen and oxygen atoms in total. The van der Waals surface area contributed by atoms with Crippen LogP contribution >= 0.6 is 11.3 Å². The molecule has 3 rings (SSSR count). The molecule has 2 aliphatic rings. The van der Waals surface area contributed by atoms with Crippen LogP contribution in [0.15, 0.2) is 13.4 Å². The molecule has 0 spiro atoms. The van der Waals surface area contributed by atoms with Crippen LogP contribution in [-0.2, 0) is 14.4 Å². The Labute approximate surface area is 218 Å². The fourth-order valence-corrected chi connectivity index (χ4v) is 6.97. The Morgan fingerprint density at radius 3 is 1.81 bits per heavy atom. The lowest BCUT2D eigenvalue weighted by Gasteiger charge is -2.20. The Morgan fingerprint density at radius 1 is 0.778 bits per heavy atom. The lowest BCUT2D eigenvalue weighted by molar-refractivity contribution is -0.191. The number of hydrogen-bond acceptors (Lipinski definition) is 8. The summed E-state index contributed by atoms with van der Waals surface area (Å²) in [6.45, 7) is 20.6. The van der Waals surface area contributed by atoms with Crippen LogP contribution < -0.4 is 0 Å². The molecular formula is C26H43N5O4S. The largest absolute Gasteiger partial charge is 0.272 e. The summed E-state index contributed by atoms with van der Waals surface area (Å²) in [5.74, 6) is 0.193. The van der Waals surface area contributed by atoms with Gasteiger partial charge in [0, 0.05) is 23.5 Å². The van der Waals surface area contributed by atoms with Gasteiger partial charge in [-0.1, -0.05) is 90.8 Å². The molecule has 0 radical (unpaired) electrons. The molecule has 0 aliphatic carbocycles. The highest BCUT2D eigenvalue weighted by atomic mass is 32.2. The third-order valence-corrected chi connectivity index (χ3v) is 8.73. The first-order valence-corrected chi connectivity index (χ1v) is 14.6. The Kier molecular flexibility index (Phi) is 9.14. The second kappa shape index (κ2) is 11.5. The van der Waals surface area contributed by atoms with Gasteiger partial charge in [0.2, 0.25) is 0 Å². The van der Waals surface area contributed by atoms with Crippen molar-refractivity contribution in [3.05, 3.63) is 11.4 Å². The number of nitrogens with zero attached hydrogens (tertiary/aromatic N) is 5. The molecule has 2 aliphatic heterocycles. The number of carbonyl (C=O) groups is 2. The van der Waals surface area contributed by atoms with E-state index in [1.165, 1.54) is 0 Å². The average molecular weight is 522 g/mol. The maximum Gasteiger partial charge on any atom is 0.257 e. The van der Waals surface area contributed by atoms with Crippen LogP contribution in [0.3, 0.4) is 0 Å². The van der Waals surface area contributed by atoms with Crippen LogP contribution in [0, 0.1) is 35.5 Å². The molecule has 0 bridgehead atoms. The first-order chi connectivity index (χ1) is 16.8. The van der Waals surface area contributed by atoms with Crippen molar-refractivity contribution in [1.82, 2.24) is 15.4 Å². The highest BCUT2D eigenvalue weighted by molar-refractivity contribution is 8.15. The molecule has 1 aromatic heterocycles. The van der Waals surface area contributed by atoms with E-state index in [2.05, 4.69) is 44.9 Å². The molecule has 1 fully saturated rings. The average Bonchev–Trinajstić information content (AvgIpc) is 3.48. The SMILES string of the molecule is CC(C)C1=N[SH](CC(C)c2nonc2C(C)C)N=C1C(C)CON1C(=O)C(C(C)C)C(C(C)C)C1=O. The molecule has 2 amide bonds. The Balaban J connectivity index is 1.71. The normalized spacial score (nSPS) is 25.5. The number of thiol groups is 1. The highest BCUT2D eigenvalue weighted by Gasteiger charge is 2.51. The van der Waals surface area contributed by atoms with Crippen molar-refractivity contribution in [2.75, 3.05) is 12.4 Å². The van der Waals surface area contributed by atoms with Gasteiger partial charge in [-0.2, -0.15) is 5.06 Å². The summed E-state index contributed by atoms with van der Waals surface area (Å²) in [5, 5.41) is 9.24. The van der Waals surface area contributed by atoms with E-state index >= 15 is 0 Å². The number of rotatable bonds is 11. The molecule has 0 aromatic carbocycles. The van der Waals surface area contributed by atoms with Crippen molar-refractivity contribution in [2.45, 2.75) is 81.1 Å². The summed E-state index contributed by atoms with van der Waals surface area (Å²) >= 11 is -0.971. The van der Waals surface area contributed by atoms with Gasteiger partial charge in [0.25, 0.3) is 11.8 Å². The van der Waals surface area contributed by atoms with E-state index in [1.54, 1.807) is 0 Å². The Hall–Kier alpha value is -2.07. The summed E-state index contributed by atoms with van der Waals surface area (Å²) in [4.78, 5) is 32.0. The van der Waals surface area contributed by atoms with E-state index in [0.717, 1.165) is 33.6 Å². The van der Waals surface area contributed by atoms with Gasteiger partial charge in [-0.3, -0.25) is 14.4 Å². The Morgan fingerprint density at radius 2 is 1.31 bits per heavy atom. The summed E-state index contributed by atoms with van der Waals surface area (Å²) in [7, 11) is 0. The molecule has 36 heavy (non-hydrogen) atoms. The van der Waals surface area contributed by atoms with Crippen LogP contribution in [-0.4, -0.2) is 51.0 Å². The molecule has 5 atom stereocenters. The van der Waals surface area contributed by atoms with Crippen molar-refractivity contribution in [3.63, 3.8) is 0 Å². The maximum absolute atomic E-state index is 13.1. The topological polar surface area (TPSA) is 110 Å².